The number of aromatic nitrogens is 6. The lowest BCUT2D eigenvalue weighted by molar-refractivity contribution is 0.380. The van der Waals surface area contributed by atoms with Crippen molar-refractivity contribution in [1.82, 2.24) is 29.5 Å². The predicted octanol–water partition coefficient (Wildman–Crippen LogP) is 2.86. The Morgan fingerprint density at radius 3 is 2.50 bits per heavy atom. The minimum absolute atomic E-state index is 0.0350. The van der Waals surface area contributed by atoms with Gasteiger partial charge in [0.1, 0.15) is 23.3 Å². The third kappa shape index (κ3) is 4.09. The van der Waals surface area contributed by atoms with E-state index >= 15 is 0 Å². The summed E-state index contributed by atoms with van der Waals surface area (Å²) in [6.45, 7) is 5.66. The number of nitrogen functional groups attached to an aromatic ring is 1. The molecule has 0 aliphatic rings. The number of hydrogen-bond donors (Lipinski definition) is 2. The van der Waals surface area contributed by atoms with E-state index in [9.17, 15) is 10.1 Å². The maximum Gasteiger partial charge on any atom is 0.316 e. The molecule has 3 heterocycles. The lowest BCUT2D eigenvalue weighted by atomic mass is 10.0. The molecular weight excluding hydrogens is 434 g/mol. The van der Waals surface area contributed by atoms with Crippen molar-refractivity contribution in [3.63, 3.8) is 0 Å². The molecule has 0 spiro atoms. The third-order valence-corrected chi connectivity index (χ3v) is 5.26. The molecule has 0 amide bonds. The van der Waals surface area contributed by atoms with E-state index in [0.29, 0.717) is 27.9 Å². The molecule has 1 atom stereocenters. The lowest BCUT2D eigenvalue weighted by Gasteiger charge is -2.23. The van der Waals surface area contributed by atoms with Crippen molar-refractivity contribution >= 4 is 22.7 Å². The van der Waals surface area contributed by atoms with Gasteiger partial charge in [-0.2, -0.15) is 10.2 Å². The summed E-state index contributed by atoms with van der Waals surface area (Å²) in [6, 6.07) is 7.08. The molecule has 4 rings (SSSR count). The van der Waals surface area contributed by atoms with Gasteiger partial charge in [-0.1, -0.05) is 12.1 Å². The standard InChI is InChI=1S/C23H23N9O2/c1-12(2)32-20(13(3)29-19-14(8-24)9-26-22(25)31-19)30-17-7-5-6-16(18(17)21(32)33)15-10-27-23(34-4)28-11-15/h5-7,9-13H,1-4H3,(H3,25,26,29,31)/t13-/m0/s1. The molecule has 172 valence electrons. The van der Waals surface area contributed by atoms with Gasteiger partial charge in [-0.3, -0.25) is 9.36 Å². The van der Waals surface area contributed by atoms with E-state index < -0.39 is 6.04 Å². The molecule has 0 saturated carbocycles. The van der Waals surface area contributed by atoms with Crippen LogP contribution in [0.3, 0.4) is 0 Å². The summed E-state index contributed by atoms with van der Waals surface area (Å²) in [4.78, 5) is 34.9. The molecule has 0 bridgehead atoms. The average molecular weight is 457 g/mol. The number of ether oxygens (including phenoxy) is 1. The number of fused-ring (bicyclic) bond motifs is 1. The fourth-order valence-corrected chi connectivity index (χ4v) is 3.72. The first-order valence-electron chi connectivity index (χ1n) is 10.5. The van der Waals surface area contributed by atoms with E-state index in [1.807, 2.05) is 39.0 Å². The number of nitrogens with zero attached hydrogens (tertiary/aromatic N) is 7. The van der Waals surface area contributed by atoms with Crippen LogP contribution in [0.2, 0.25) is 0 Å². The van der Waals surface area contributed by atoms with Gasteiger partial charge in [-0.15, -0.1) is 0 Å². The first-order chi connectivity index (χ1) is 16.3. The third-order valence-electron chi connectivity index (χ3n) is 5.26. The summed E-state index contributed by atoms with van der Waals surface area (Å²) in [7, 11) is 1.49. The maximum atomic E-state index is 13.8. The van der Waals surface area contributed by atoms with Crippen molar-refractivity contribution in [3.8, 4) is 23.2 Å². The van der Waals surface area contributed by atoms with Crippen LogP contribution >= 0.6 is 0 Å². The molecular formula is C23H23N9O2. The Morgan fingerprint density at radius 1 is 1.12 bits per heavy atom. The fraction of sp³-hybridized carbons (Fsp3) is 0.261. The summed E-state index contributed by atoms with van der Waals surface area (Å²) < 4.78 is 6.67. The number of nitriles is 1. The van der Waals surface area contributed by atoms with E-state index in [4.69, 9.17) is 15.5 Å². The second kappa shape index (κ2) is 9.11. The van der Waals surface area contributed by atoms with Crippen molar-refractivity contribution in [2.75, 3.05) is 18.2 Å². The van der Waals surface area contributed by atoms with Crippen LogP contribution in [0.5, 0.6) is 6.01 Å². The zero-order valence-corrected chi connectivity index (χ0v) is 19.1. The van der Waals surface area contributed by atoms with Gasteiger partial charge in [0.2, 0.25) is 5.95 Å². The minimum Gasteiger partial charge on any atom is -0.467 e. The zero-order chi connectivity index (χ0) is 24.4. The summed E-state index contributed by atoms with van der Waals surface area (Å²) in [5.41, 5.74) is 7.62. The Bertz CT molecular complexity index is 1460. The van der Waals surface area contributed by atoms with Crippen LogP contribution in [-0.2, 0) is 0 Å². The van der Waals surface area contributed by atoms with E-state index in [0.717, 1.165) is 0 Å². The number of nitrogens with two attached hydrogens (primary N) is 1. The van der Waals surface area contributed by atoms with Crippen LogP contribution in [0.25, 0.3) is 22.0 Å². The summed E-state index contributed by atoms with van der Waals surface area (Å²) in [6.07, 6.45) is 4.57. The number of anilines is 2. The van der Waals surface area contributed by atoms with E-state index in [-0.39, 0.29) is 34.9 Å². The highest BCUT2D eigenvalue weighted by atomic mass is 16.5. The number of methoxy groups -OCH3 is 1. The zero-order valence-electron chi connectivity index (χ0n) is 19.1. The number of benzene rings is 1. The first kappa shape index (κ1) is 22.6. The highest BCUT2D eigenvalue weighted by molar-refractivity contribution is 5.93. The van der Waals surface area contributed by atoms with Gasteiger partial charge in [0, 0.05) is 24.0 Å². The molecule has 0 fully saturated rings. The molecule has 0 radical (unpaired) electrons. The Morgan fingerprint density at radius 2 is 1.85 bits per heavy atom. The quantitative estimate of drug-likeness (QED) is 0.441. The molecule has 3 aromatic heterocycles. The molecule has 1 aromatic carbocycles. The molecule has 0 aliphatic heterocycles. The van der Waals surface area contributed by atoms with Crippen molar-refractivity contribution in [1.29, 1.82) is 5.26 Å². The predicted molar refractivity (Wildman–Crippen MR) is 127 cm³/mol. The smallest absolute Gasteiger partial charge is 0.316 e. The average Bonchev–Trinajstić information content (AvgIpc) is 2.83. The van der Waals surface area contributed by atoms with Gasteiger partial charge in [0.15, 0.2) is 0 Å². The normalized spacial score (nSPS) is 11.9. The highest BCUT2D eigenvalue weighted by Gasteiger charge is 2.22. The monoisotopic (exact) mass is 457 g/mol. The molecule has 0 unspecified atom stereocenters. The molecule has 11 heteroatoms. The highest BCUT2D eigenvalue weighted by Crippen LogP contribution is 2.28. The van der Waals surface area contributed by atoms with Crippen LogP contribution in [0.1, 0.15) is 44.2 Å². The van der Waals surface area contributed by atoms with E-state index in [2.05, 4.69) is 25.3 Å². The molecule has 34 heavy (non-hydrogen) atoms. The van der Waals surface area contributed by atoms with Crippen LogP contribution in [0.15, 0.2) is 41.6 Å². The van der Waals surface area contributed by atoms with Crippen molar-refractivity contribution < 1.29 is 4.74 Å². The second-order valence-electron chi connectivity index (χ2n) is 7.87. The Balaban J connectivity index is 1.87. The van der Waals surface area contributed by atoms with Crippen LogP contribution in [-0.4, -0.2) is 36.6 Å². The maximum absolute atomic E-state index is 13.8. The Kier molecular flexibility index (Phi) is 6.05. The van der Waals surface area contributed by atoms with Crippen molar-refractivity contribution in [3.05, 3.63) is 58.5 Å². The van der Waals surface area contributed by atoms with Gasteiger partial charge < -0.3 is 15.8 Å². The van der Waals surface area contributed by atoms with Crippen molar-refractivity contribution in [2.24, 2.45) is 0 Å². The first-order valence-corrected chi connectivity index (χ1v) is 10.5. The van der Waals surface area contributed by atoms with E-state index in [1.54, 1.807) is 23.0 Å². The van der Waals surface area contributed by atoms with Gasteiger partial charge >= 0.3 is 6.01 Å². The van der Waals surface area contributed by atoms with Gasteiger partial charge in [-0.25, -0.2) is 19.9 Å². The van der Waals surface area contributed by atoms with Crippen LogP contribution in [0, 0.1) is 11.3 Å². The molecule has 4 aromatic rings. The van der Waals surface area contributed by atoms with Crippen molar-refractivity contribution in [2.45, 2.75) is 32.9 Å². The number of rotatable bonds is 6. The number of hydrogen-bond acceptors (Lipinski definition) is 10. The van der Waals surface area contributed by atoms with Crippen LogP contribution in [0.4, 0.5) is 11.8 Å². The van der Waals surface area contributed by atoms with E-state index in [1.165, 1.54) is 13.3 Å². The lowest BCUT2D eigenvalue weighted by Crippen LogP contribution is -2.30. The summed E-state index contributed by atoms with van der Waals surface area (Å²) >= 11 is 0. The molecule has 0 aliphatic carbocycles. The topological polar surface area (TPSA) is 158 Å². The Labute approximate surface area is 195 Å². The summed E-state index contributed by atoms with van der Waals surface area (Å²) in [5.74, 6) is 0.806. The van der Waals surface area contributed by atoms with Crippen LogP contribution < -0.4 is 21.3 Å². The molecule has 0 saturated heterocycles. The second-order valence-corrected chi connectivity index (χ2v) is 7.87. The Hall–Kier alpha value is -4.59. The molecule has 3 N–H and O–H groups in total. The van der Waals surface area contributed by atoms with Gasteiger partial charge in [0.25, 0.3) is 5.56 Å². The largest absolute Gasteiger partial charge is 0.467 e. The molecule has 11 nitrogen and oxygen atoms in total. The number of nitrogens with one attached hydrogen (secondary N) is 1. The minimum atomic E-state index is -0.464. The SMILES string of the molecule is COc1ncc(-c2cccc3nc([C@H](C)Nc4nc(N)ncc4C#N)n(C(C)C)c(=O)c23)cn1. The van der Waals surface area contributed by atoms with Gasteiger partial charge in [0.05, 0.1) is 30.3 Å². The summed E-state index contributed by atoms with van der Waals surface area (Å²) in [5, 5.41) is 13.0. The van der Waals surface area contributed by atoms with Gasteiger partial charge in [-0.05, 0) is 32.4 Å². The fourth-order valence-electron chi connectivity index (χ4n) is 3.72.